The van der Waals surface area contributed by atoms with E-state index in [4.69, 9.17) is 21.1 Å². The van der Waals surface area contributed by atoms with E-state index in [-0.39, 0.29) is 11.7 Å². The van der Waals surface area contributed by atoms with Gasteiger partial charge in [0.1, 0.15) is 17.2 Å². The molecule has 162 valence electrons. The van der Waals surface area contributed by atoms with Crippen LogP contribution in [0, 0.1) is 0 Å². The first-order valence-corrected chi connectivity index (χ1v) is 10.9. The molecule has 0 heterocycles. The molecule has 0 fully saturated rings. The van der Waals surface area contributed by atoms with Crippen molar-refractivity contribution in [3.05, 3.63) is 89.4 Å². The van der Waals surface area contributed by atoms with Crippen molar-refractivity contribution in [2.24, 2.45) is 0 Å². The number of carbonyl (C=O) groups is 1. The second kappa shape index (κ2) is 9.75. The number of hydrogen-bond acceptors (Lipinski definition) is 4. The van der Waals surface area contributed by atoms with Gasteiger partial charge in [-0.15, -0.1) is 0 Å². The molecule has 4 rings (SSSR count). The Bertz CT molecular complexity index is 1230. The molecule has 0 aromatic heterocycles. The number of hydrogen-bond donors (Lipinski definition) is 1. The number of aromatic hydroxyl groups is 1. The van der Waals surface area contributed by atoms with Crippen LogP contribution in [-0.2, 0) is 16.0 Å². The maximum Gasteiger partial charge on any atom is 0.306 e. The number of ether oxygens (including phenoxy) is 2. The summed E-state index contributed by atoms with van der Waals surface area (Å²) < 4.78 is 11.3. The third kappa shape index (κ3) is 5.04. The molecule has 5 heteroatoms. The number of fused-ring (bicyclic) bond motifs is 1. The Morgan fingerprint density at radius 3 is 2.41 bits per heavy atom. The number of phenolic OH excluding ortho intramolecular Hbond substituents is 1. The number of phenols is 1. The summed E-state index contributed by atoms with van der Waals surface area (Å²) in [6.45, 7) is 2.20. The van der Waals surface area contributed by atoms with E-state index in [1.807, 2.05) is 66.7 Å². The van der Waals surface area contributed by atoms with Crippen molar-refractivity contribution < 1.29 is 19.4 Å². The first-order chi connectivity index (χ1) is 15.5. The number of rotatable bonds is 7. The number of aryl methyl sites for hydroxylation is 1. The molecule has 4 nitrogen and oxygen atoms in total. The highest BCUT2D eigenvalue weighted by Gasteiger charge is 2.13. The monoisotopic (exact) mass is 446 g/mol. The van der Waals surface area contributed by atoms with E-state index in [9.17, 15) is 9.90 Å². The summed E-state index contributed by atoms with van der Waals surface area (Å²) in [7, 11) is 0. The second-order valence-electron chi connectivity index (χ2n) is 7.41. The maximum absolute atomic E-state index is 11.6. The van der Waals surface area contributed by atoms with Crippen molar-refractivity contribution in [3.8, 4) is 28.4 Å². The smallest absolute Gasteiger partial charge is 0.306 e. The summed E-state index contributed by atoms with van der Waals surface area (Å²) in [5.74, 6) is 1.39. The van der Waals surface area contributed by atoms with Crippen LogP contribution in [0.5, 0.6) is 17.2 Å². The summed E-state index contributed by atoms with van der Waals surface area (Å²) in [6, 6.07) is 24.5. The predicted molar refractivity (Wildman–Crippen MR) is 128 cm³/mol. The first-order valence-electron chi connectivity index (χ1n) is 10.5. The highest BCUT2D eigenvalue weighted by atomic mass is 35.5. The van der Waals surface area contributed by atoms with Crippen LogP contribution in [0.1, 0.15) is 18.9 Å². The minimum Gasteiger partial charge on any atom is -0.508 e. The molecule has 0 unspecified atom stereocenters. The Morgan fingerprint density at radius 1 is 0.938 bits per heavy atom. The van der Waals surface area contributed by atoms with Crippen LogP contribution in [0.25, 0.3) is 21.9 Å². The highest BCUT2D eigenvalue weighted by Crippen LogP contribution is 2.40. The van der Waals surface area contributed by atoms with E-state index in [1.54, 1.807) is 19.1 Å². The third-order valence-corrected chi connectivity index (χ3v) is 5.43. The third-order valence-electron chi connectivity index (χ3n) is 5.18. The molecule has 0 aliphatic heterocycles. The van der Waals surface area contributed by atoms with Crippen molar-refractivity contribution in [1.82, 2.24) is 0 Å². The average molecular weight is 447 g/mol. The molecule has 0 spiro atoms. The van der Waals surface area contributed by atoms with Crippen LogP contribution in [0.15, 0.2) is 78.9 Å². The number of halogens is 1. The summed E-state index contributed by atoms with van der Waals surface area (Å²) in [5.41, 5.74) is 2.93. The first kappa shape index (κ1) is 21.7. The van der Waals surface area contributed by atoms with Crippen molar-refractivity contribution in [1.29, 1.82) is 0 Å². The fraction of sp³-hybridized carbons (Fsp3) is 0.148. The molecule has 0 saturated carbocycles. The molecule has 0 radical (unpaired) electrons. The topological polar surface area (TPSA) is 55.8 Å². The number of esters is 1. The zero-order chi connectivity index (χ0) is 22.5. The van der Waals surface area contributed by atoms with Gasteiger partial charge in [-0.25, -0.2) is 0 Å². The van der Waals surface area contributed by atoms with E-state index in [1.165, 1.54) is 0 Å². The molecule has 0 amide bonds. The van der Waals surface area contributed by atoms with Gasteiger partial charge in [0, 0.05) is 22.4 Å². The van der Waals surface area contributed by atoms with Crippen molar-refractivity contribution >= 4 is 28.3 Å². The van der Waals surface area contributed by atoms with E-state index in [0.29, 0.717) is 36.0 Å². The van der Waals surface area contributed by atoms with Crippen LogP contribution in [0.3, 0.4) is 0 Å². The minimum atomic E-state index is -0.195. The molecular weight excluding hydrogens is 424 g/mol. The van der Waals surface area contributed by atoms with Gasteiger partial charge in [0.25, 0.3) is 0 Å². The zero-order valence-electron chi connectivity index (χ0n) is 17.7. The van der Waals surface area contributed by atoms with Gasteiger partial charge >= 0.3 is 5.97 Å². The van der Waals surface area contributed by atoms with E-state index in [0.717, 1.165) is 27.5 Å². The van der Waals surface area contributed by atoms with Crippen LogP contribution >= 0.6 is 11.6 Å². The minimum absolute atomic E-state index is 0.195. The Balaban J connectivity index is 1.66. The van der Waals surface area contributed by atoms with E-state index in [2.05, 4.69) is 0 Å². The zero-order valence-corrected chi connectivity index (χ0v) is 18.4. The van der Waals surface area contributed by atoms with Gasteiger partial charge in [-0.05, 0) is 78.4 Å². The van der Waals surface area contributed by atoms with Crippen LogP contribution in [0.4, 0.5) is 0 Å². The van der Waals surface area contributed by atoms with E-state index < -0.39 is 0 Å². The van der Waals surface area contributed by atoms with Gasteiger partial charge < -0.3 is 14.6 Å². The van der Waals surface area contributed by atoms with Gasteiger partial charge in [0.15, 0.2) is 0 Å². The van der Waals surface area contributed by atoms with Gasteiger partial charge in [-0.1, -0.05) is 41.9 Å². The number of benzene rings is 4. The summed E-state index contributed by atoms with van der Waals surface area (Å²) in [6.07, 6.45) is 0.963. The summed E-state index contributed by atoms with van der Waals surface area (Å²) in [4.78, 5) is 11.6. The summed E-state index contributed by atoms with van der Waals surface area (Å²) in [5, 5.41) is 12.3. The molecule has 1 N–H and O–H groups in total. The molecule has 0 aliphatic rings. The van der Waals surface area contributed by atoms with Gasteiger partial charge in [-0.3, -0.25) is 4.79 Å². The molecule has 0 aliphatic carbocycles. The molecule has 0 bridgehead atoms. The Labute approximate surface area is 192 Å². The molecule has 32 heavy (non-hydrogen) atoms. The van der Waals surface area contributed by atoms with Crippen molar-refractivity contribution in [2.75, 3.05) is 6.61 Å². The highest BCUT2D eigenvalue weighted by molar-refractivity contribution is 6.30. The standard InChI is InChI=1S/C27H23ClO4/c1-2-31-26(30)16-5-18-3-12-23(13-4-18)32-27-24(19-6-9-21(28)10-7-19)14-8-20-17-22(29)11-15-25(20)27/h3-4,6-15,17,29H,2,5,16H2,1H3. The Hall–Kier alpha value is -3.50. The fourth-order valence-corrected chi connectivity index (χ4v) is 3.70. The number of carbonyl (C=O) groups excluding carboxylic acids is 1. The van der Waals surface area contributed by atoms with Gasteiger partial charge in [0.05, 0.1) is 6.61 Å². The second-order valence-corrected chi connectivity index (χ2v) is 7.84. The van der Waals surface area contributed by atoms with Crippen molar-refractivity contribution in [3.63, 3.8) is 0 Å². The molecular formula is C27H23ClO4. The molecule has 0 atom stereocenters. The van der Waals surface area contributed by atoms with Crippen LogP contribution < -0.4 is 4.74 Å². The lowest BCUT2D eigenvalue weighted by molar-refractivity contribution is -0.143. The molecule has 4 aromatic carbocycles. The summed E-state index contributed by atoms with van der Waals surface area (Å²) >= 11 is 6.07. The predicted octanol–water partition coefficient (Wildman–Crippen LogP) is 7.15. The van der Waals surface area contributed by atoms with E-state index >= 15 is 0 Å². The lowest BCUT2D eigenvalue weighted by Crippen LogP contribution is -2.05. The fourth-order valence-electron chi connectivity index (χ4n) is 3.58. The van der Waals surface area contributed by atoms with Crippen LogP contribution in [-0.4, -0.2) is 17.7 Å². The SMILES string of the molecule is CCOC(=O)CCc1ccc(Oc2c(-c3ccc(Cl)cc3)ccc3cc(O)ccc23)cc1. The Kier molecular flexibility index (Phi) is 6.62. The largest absolute Gasteiger partial charge is 0.508 e. The normalized spacial score (nSPS) is 10.8. The average Bonchev–Trinajstić information content (AvgIpc) is 2.79. The van der Waals surface area contributed by atoms with Crippen molar-refractivity contribution in [2.45, 2.75) is 19.8 Å². The van der Waals surface area contributed by atoms with Gasteiger partial charge in [-0.2, -0.15) is 0 Å². The maximum atomic E-state index is 11.6. The molecule has 0 saturated heterocycles. The lowest BCUT2D eigenvalue weighted by Gasteiger charge is -2.15. The van der Waals surface area contributed by atoms with Crippen LogP contribution in [0.2, 0.25) is 5.02 Å². The van der Waals surface area contributed by atoms with Gasteiger partial charge in [0.2, 0.25) is 0 Å². The molecule has 4 aromatic rings. The lowest BCUT2D eigenvalue weighted by atomic mass is 9.99. The Morgan fingerprint density at radius 2 is 1.69 bits per heavy atom. The quantitative estimate of drug-likeness (QED) is 0.306.